The molecule has 2 aromatic carbocycles. The summed E-state index contributed by atoms with van der Waals surface area (Å²) in [6.45, 7) is 2.23. The van der Waals surface area contributed by atoms with Crippen LogP contribution in [0.3, 0.4) is 0 Å². The average molecular weight is 479 g/mol. The van der Waals surface area contributed by atoms with Crippen LogP contribution in [0.1, 0.15) is 82.3 Å². The second kappa shape index (κ2) is 17.1. The molecule has 0 bridgehead atoms. The smallest absolute Gasteiger partial charge is 0.336 e. The van der Waals surface area contributed by atoms with Gasteiger partial charge in [0.05, 0.1) is 13.3 Å². The van der Waals surface area contributed by atoms with Crippen LogP contribution in [0.2, 0.25) is 0 Å². The molecular formula is C29H38N2O4. The van der Waals surface area contributed by atoms with Crippen LogP contribution in [0.4, 0.5) is 0 Å². The Labute approximate surface area is 209 Å². The standard InChI is InChI=1S/C29H38N2O4/c1-3-4-5-6-7-8-9-10-14-17-28(32)31-30-23-25-18-20-26(27(22-25)34-2)35-29(33)21-19-24-15-12-11-13-16-24/h11-13,15-16,18-23H,3-10,14,17H2,1-2H3,(H,31,32)/b21-19+,30-23-. The molecule has 2 rings (SSSR count). The van der Waals surface area contributed by atoms with Gasteiger partial charge in [0.25, 0.3) is 0 Å². The lowest BCUT2D eigenvalue weighted by atomic mass is 10.1. The summed E-state index contributed by atoms with van der Waals surface area (Å²) in [4.78, 5) is 24.1. The summed E-state index contributed by atoms with van der Waals surface area (Å²) >= 11 is 0. The lowest BCUT2D eigenvalue weighted by Crippen LogP contribution is -2.16. The van der Waals surface area contributed by atoms with Gasteiger partial charge in [0.15, 0.2) is 11.5 Å². The lowest BCUT2D eigenvalue weighted by Gasteiger charge is -2.08. The summed E-state index contributed by atoms with van der Waals surface area (Å²) in [5.74, 6) is 0.113. The van der Waals surface area contributed by atoms with E-state index >= 15 is 0 Å². The van der Waals surface area contributed by atoms with E-state index in [0.717, 1.165) is 18.4 Å². The zero-order valence-electron chi connectivity index (χ0n) is 21.0. The summed E-state index contributed by atoms with van der Waals surface area (Å²) in [5, 5.41) is 4.03. The summed E-state index contributed by atoms with van der Waals surface area (Å²) in [5.41, 5.74) is 4.19. The predicted molar refractivity (Wildman–Crippen MR) is 142 cm³/mol. The first-order chi connectivity index (χ1) is 17.1. The van der Waals surface area contributed by atoms with Crippen LogP contribution < -0.4 is 14.9 Å². The molecule has 0 radical (unpaired) electrons. The van der Waals surface area contributed by atoms with Crippen molar-refractivity contribution >= 4 is 24.2 Å². The molecule has 0 fully saturated rings. The highest BCUT2D eigenvalue weighted by Crippen LogP contribution is 2.27. The highest BCUT2D eigenvalue weighted by Gasteiger charge is 2.09. The lowest BCUT2D eigenvalue weighted by molar-refractivity contribution is -0.129. The molecule has 188 valence electrons. The van der Waals surface area contributed by atoms with E-state index in [4.69, 9.17) is 9.47 Å². The largest absolute Gasteiger partial charge is 0.493 e. The van der Waals surface area contributed by atoms with Crippen LogP contribution in [-0.4, -0.2) is 25.2 Å². The molecule has 0 saturated heterocycles. The number of amides is 1. The van der Waals surface area contributed by atoms with Crippen molar-refractivity contribution in [3.8, 4) is 11.5 Å². The van der Waals surface area contributed by atoms with Gasteiger partial charge < -0.3 is 9.47 Å². The minimum atomic E-state index is -0.502. The van der Waals surface area contributed by atoms with Gasteiger partial charge in [-0.3, -0.25) is 4.79 Å². The van der Waals surface area contributed by atoms with Gasteiger partial charge in [0, 0.05) is 12.5 Å². The summed E-state index contributed by atoms with van der Waals surface area (Å²) < 4.78 is 10.7. The third-order valence-electron chi connectivity index (χ3n) is 5.52. The van der Waals surface area contributed by atoms with Gasteiger partial charge in [0.2, 0.25) is 5.91 Å². The van der Waals surface area contributed by atoms with Crippen LogP contribution in [0, 0.1) is 0 Å². The fraction of sp³-hybridized carbons (Fsp3) is 0.414. The molecule has 1 amide bonds. The average Bonchev–Trinajstić information content (AvgIpc) is 2.88. The number of rotatable bonds is 16. The van der Waals surface area contributed by atoms with E-state index in [9.17, 15) is 9.59 Å². The van der Waals surface area contributed by atoms with Crippen LogP contribution in [0.25, 0.3) is 6.08 Å². The molecule has 0 aromatic heterocycles. The van der Waals surface area contributed by atoms with Crippen LogP contribution in [0.15, 0.2) is 59.7 Å². The Kier molecular flexibility index (Phi) is 13.6. The van der Waals surface area contributed by atoms with E-state index < -0.39 is 5.97 Å². The van der Waals surface area contributed by atoms with Crippen molar-refractivity contribution in [2.75, 3.05) is 7.11 Å². The number of benzene rings is 2. The minimum Gasteiger partial charge on any atom is -0.493 e. The first-order valence-electron chi connectivity index (χ1n) is 12.6. The molecule has 0 aliphatic carbocycles. The van der Waals surface area contributed by atoms with E-state index in [1.807, 2.05) is 30.3 Å². The number of unbranched alkanes of at least 4 members (excludes halogenated alkanes) is 8. The molecule has 6 heteroatoms. The molecule has 0 heterocycles. The third kappa shape index (κ3) is 12.0. The maximum absolute atomic E-state index is 12.1. The molecule has 35 heavy (non-hydrogen) atoms. The highest BCUT2D eigenvalue weighted by molar-refractivity contribution is 5.89. The van der Waals surface area contributed by atoms with Crippen molar-refractivity contribution in [2.45, 2.75) is 71.1 Å². The summed E-state index contributed by atoms with van der Waals surface area (Å²) in [6.07, 6.45) is 16.0. The van der Waals surface area contributed by atoms with E-state index in [1.54, 1.807) is 24.3 Å². The molecular weight excluding hydrogens is 440 g/mol. The first-order valence-corrected chi connectivity index (χ1v) is 12.6. The Morgan fingerprint density at radius 1 is 0.857 bits per heavy atom. The Balaban J connectivity index is 1.71. The quantitative estimate of drug-likeness (QED) is 0.0728. The van der Waals surface area contributed by atoms with Crippen molar-refractivity contribution in [1.82, 2.24) is 5.43 Å². The third-order valence-corrected chi connectivity index (χ3v) is 5.52. The van der Waals surface area contributed by atoms with Gasteiger partial charge in [0.1, 0.15) is 0 Å². The number of carbonyl (C=O) groups is 2. The molecule has 1 N–H and O–H groups in total. The number of hydrazone groups is 1. The van der Waals surface area contributed by atoms with Crippen LogP contribution >= 0.6 is 0 Å². The van der Waals surface area contributed by atoms with Crippen molar-refractivity contribution in [2.24, 2.45) is 5.10 Å². The number of hydrogen-bond donors (Lipinski definition) is 1. The monoisotopic (exact) mass is 478 g/mol. The second-order valence-corrected chi connectivity index (χ2v) is 8.45. The number of carbonyl (C=O) groups excluding carboxylic acids is 2. The Bertz CT molecular complexity index is 954. The molecule has 0 aliphatic heterocycles. The summed E-state index contributed by atoms with van der Waals surface area (Å²) in [6, 6.07) is 14.6. The molecule has 0 atom stereocenters. The molecule has 0 aliphatic rings. The van der Waals surface area contributed by atoms with E-state index in [2.05, 4.69) is 17.5 Å². The van der Waals surface area contributed by atoms with Gasteiger partial charge in [-0.05, 0) is 41.8 Å². The van der Waals surface area contributed by atoms with Crippen molar-refractivity contribution in [3.63, 3.8) is 0 Å². The number of hydrogen-bond acceptors (Lipinski definition) is 5. The van der Waals surface area contributed by atoms with E-state index in [-0.39, 0.29) is 5.91 Å². The number of nitrogens with one attached hydrogen (secondary N) is 1. The van der Waals surface area contributed by atoms with Crippen LogP contribution in [-0.2, 0) is 9.59 Å². The first kappa shape index (κ1) is 27.8. The predicted octanol–water partition coefficient (Wildman–Crippen LogP) is 6.69. The minimum absolute atomic E-state index is 0.0908. The zero-order valence-corrected chi connectivity index (χ0v) is 21.0. The SMILES string of the molecule is CCCCCCCCCCCC(=O)N/N=C\c1ccc(OC(=O)/C=C/c2ccccc2)c(OC)c1. The van der Waals surface area contributed by atoms with Gasteiger partial charge in [-0.25, -0.2) is 10.2 Å². The fourth-order valence-corrected chi connectivity index (χ4v) is 3.55. The van der Waals surface area contributed by atoms with Crippen molar-refractivity contribution < 1.29 is 19.1 Å². The summed E-state index contributed by atoms with van der Waals surface area (Å²) in [7, 11) is 1.50. The normalized spacial score (nSPS) is 11.1. The Morgan fingerprint density at radius 2 is 1.54 bits per heavy atom. The van der Waals surface area contributed by atoms with Crippen molar-refractivity contribution in [1.29, 1.82) is 0 Å². The molecule has 6 nitrogen and oxygen atoms in total. The maximum Gasteiger partial charge on any atom is 0.336 e. The second-order valence-electron chi connectivity index (χ2n) is 8.45. The van der Waals surface area contributed by atoms with Gasteiger partial charge in [-0.15, -0.1) is 0 Å². The molecule has 0 spiro atoms. The van der Waals surface area contributed by atoms with E-state index in [0.29, 0.717) is 23.5 Å². The highest BCUT2D eigenvalue weighted by atomic mass is 16.6. The molecule has 0 saturated carbocycles. The van der Waals surface area contributed by atoms with E-state index in [1.165, 1.54) is 64.3 Å². The van der Waals surface area contributed by atoms with Crippen LogP contribution in [0.5, 0.6) is 11.5 Å². The number of nitrogens with zero attached hydrogens (tertiary/aromatic N) is 1. The number of ether oxygens (including phenoxy) is 2. The fourth-order valence-electron chi connectivity index (χ4n) is 3.55. The molecule has 0 unspecified atom stereocenters. The van der Waals surface area contributed by atoms with Gasteiger partial charge in [-0.1, -0.05) is 88.6 Å². The Morgan fingerprint density at radius 3 is 2.23 bits per heavy atom. The van der Waals surface area contributed by atoms with Gasteiger partial charge in [-0.2, -0.15) is 5.10 Å². The zero-order chi connectivity index (χ0) is 25.1. The maximum atomic E-state index is 12.1. The molecule has 2 aromatic rings. The Hall–Kier alpha value is -3.41. The topological polar surface area (TPSA) is 77.0 Å². The number of esters is 1. The number of methoxy groups -OCH3 is 1. The van der Waals surface area contributed by atoms with Crippen molar-refractivity contribution in [3.05, 3.63) is 65.7 Å². The van der Waals surface area contributed by atoms with Gasteiger partial charge >= 0.3 is 5.97 Å².